The summed E-state index contributed by atoms with van der Waals surface area (Å²) in [5.74, 6) is -0.436. The topological polar surface area (TPSA) is 102 Å². The standard InChI is InChI=1S/C22H28N2O6S/c1-6-20(21(25)23-19-14-16(22(26)29-4)9-8-15(19)3)24(31(5,27)28)17-10-12-18(13-11-17)30-7-2/h8-14,20H,6-7H2,1-5H3,(H,23,25)/t20-/m0/s1. The third-order valence-corrected chi connectivity index (χ3v) is 5.83. The molecule has 0 aliphatic heterocycles. The van der Waals surface area contributed by atoms with Crippen LogP contribution >= 0.6 is 0 Å². The normalized spacial score (nSPS) is 12.0. The minimum Gasteiger partial charge on any atom is -0.494 e. The van der Waals surface area contributed by atoms with Gasteiger partial charge in [0.1, 0.15) is 11.8 Å². The number of hydrogen-bond donors (Lipinski definition) is 1. The van der Waals surface area contributed by atoms with Crippen LogP contribution < -0.4 is 14.4 Å². The van der Waals surface area contributed by atoms with Gasteiger partial charge >= 0.3 is 5.97 Å². The quantitative estimate of drug-likeness (QED) is 0.590. The van der Waals surface area contributed by atoms with Crippen LogP contribution in [0.3, 0.4) is 0 Å². The first kappa shape index (κ1) is 24.2. The predicted octanol–water partition coefficient (Wildman–Crippen LogP) is 3.36. The van der Waals surface area contributed by atoms with Crippen molar-refractivity contribution >= 4 is 33.3 Å². The zero-order valence-electron chi connectivity index (χ0n) is 18.3. The second kappa shape index (κ2) is 10.3. The summed E-state index contributed by atoms with van der Waals surface area (Å²) in [6.07, 6.45) is 1.30. The van der Waals surface area contributed by atoms with Crippen LogP contribution in [-0.4, -0.2) is 46.3 Å². The molecule has 31 heavy (non-hydrogen) atoms. The molecule has 9 heteroatoms. The van der Waals surface area contributed by atoms with Crippen molar-refractivity contribution in [2.75, 3.05) is 29.6 Å². The lowest BCUT2D eigenvalue weighted by molar-refractivity contribution is -0.117. The Hall–Kier alpha value is -3.07. The highest BCUT2D eigenvalue weighted by molar-refractivity contribution is 7.92. The molecule has 1 atom stereocenters. The first-order valence-corrected chi connectivity index (χ1v) is 11.7. The van der Waals surface area contributed by atoms with E-state index in [1.807, 2.05) is 6.92 Å². The number of nitrogens with one attached hydrogen (secondary N) is 1. The van der Waals surface area contributed by atoms with E-state index in [0.717, 1.165) is 16.1 Å². The van der Waals surface area contributed by atoms with Gasteiger partial charge in [-0.3, -0.25) is 9.10 Å². The summed E-state index contributed by atoms with van der Waals surface area (Å²) in [7, 11) is -2.50. The number of rotatable bonds is 9. The van der Waals surface area contributed by atoms with Crippen molar-refractivity contribution in [3.05, 3.63) is 53.6 Å². The van der Waals surface area contributed by atoms with Gasteiger partial charge in [-0.15, -0.1) is 0 Å². The Labute approximate surface area is 183 Å². The molecule has 0 fully saturated rings. The number of aryl methyl sites for hydroxylation is 1. The first-order valence-electron chi connectivity index (χ1n) is 9.84. The van der Waals surface area contributed by atoms with Crippen LogP contribution in [0.25, 0.3) is 0 Å². The summed E-state index contributed by atoms with van der Waals surface area (Å²) in [5.41, 5.74) is 1.77. The van der Waals surface area contributed by atoms with Gasteiger partial charge in [-0.2, -0.15) is 0 Å². The van der Waals surface area contributed by atoms with Crippen molar-refractivity contribution < 1.29 is 27.5 Å². The van der Waals surface area contributed by atoms with Crippen LogP contribution in [0, 0.1) is 6.92 Å². The molecule has 8 nitrogen and oxygen atoms in total. The van der Waals surface area contributed by atoms with E-state index in [9.17, 15) is 18.0 Å². The number of carbonyl (C=O) groups excluding carboxylic acids is 2. The van der Waals surface area contributed by atoms with Crippen molar-refractivity contribution in [2.24, 2.45) is 0 Å². The van der Waals surface area contributed by atoms with Crippen molar-refractivity contribution in [2.45, 2.75) is 33.2 Å². The monoisotopic (exact) mass is 448 g/mol. The van der Waals surface area contributed by atoms with Gasteiger partial charge in [0.25, 0.3) is 0 Å². The van der Waals surface area contributed by atoms with Crippen LogP contribution in [0.4, 0.5) is 11.4 Å². The highest BCUT2D eigenvalue weighted by Crippen LogP contribution is 2.26. The second-order valence-corrected chi connectivity index (χ2v) is 8.78. The number of ether oxygens (including phenoxy) is 2. The number of hydrogen-bond acceptors (Lipinski definition) is 6. The van der Waals surface area contributed by atoms with E-state index in [4.69, 9.17) is 9.47 Å². The van der Waals surface area contributed by atoms with Gasteiger partial charge in [0.15, 0.2) is 0 Å². The van der Waals surface area contributed by atoms with Crippen molar-refractivity contribution in [3.63, 3.8) is 0 Å². The molecule has 1 N–H and O–H groups in total. The molecule has 0 spiro atoms. The lowest BCUT2D eigenvalue weighted by Crippen LogP contribution is -2.47. The first-order chi connectivity index (χ1) is 14.6. The summed E-state index contributed by atoms with van der Waals surface area (Å²) in [4.78, 5) is 24.9. The molecule has 2 aromatic rings. The number of esters is 1. The minimum absolute atomic E-state index is 0.238. The molecule has 1 amide bonds. The molecule has 0 bridgehead atoms. The number of benzene rings is 2. The Kier molecular flexibility index (Phi) is 8.04. The van der Waals surface area contributed by atoms with E-state index in [0.29, 0.717) is 23.7 Å². The molecule has 0 saturated heterocycles. The van der Waals surface area contributed by atoms with E-state index < -0.39 is 27.9 Å². The summed E-state index contributed by atoms with van der Waals surface area (Å²) in [6.45, 7) is 5.84. The fourth-order valence-corrected chi connectivity index (χ4v) is 4.35. The van der Waals surface area contributed by atoms with Gasteiger partial charge < -0.3 is 14.8 Å². The zero-order chi connectivity index (χ0) is 23.2. The number of anilines is 2. The highest BCUT2D eigenvalue weighted by atomic mass is 32.2. The maximum Gasteiger partial charge on any atom is 0.337 e. The maximum atomic E-state index is 13.1. The SMILES string of the molecule is CCOc1ccc(N([C@@H](CC)C(=O)Nc2cc(C(=O)OC)ccc2C)S(C)(=O)=O)cc1. The Morgan fingerprint density at radius 2 is 1.74 bits per heavy atom. The van der Waals surface area contributed by atoms with Crippen molar-refractivity contribution in [3.8, 4) is 5.75 Å². The minimum atomic E-state index is -3.77. The Morgan fingerprint density at radius 1 is 1.10 bits per heavy atom. The average molecular weight is 449 g/mol. The van der Waals surface area contributed by atoms with Gasteiger partial charge in [-0.05, 0) is 62.2 Å². The van der Waals surface area contributed by atoms with E-state index in [2.05, 4.69) is 5.32 Å². The van der Waals surface area contributed by atoms with Crippen LogP contribution in [-0.2, 0) is 19.6 Å². The van der Waals surface area contributed by atoms with Gasteiger partial charge in [0.2, 0.25) is 15.9 Å². The molecule has 2 aromatic carbocycles. The zero-order valence-corrected chi connectivity index (χ0v) is 19.2. The van der Waals surface area contributed by atoms with Gasteiger partial charge in [-0.1, -0.05) is 13.0 Å². The van der Waals surface area contributed by atoms with Crippen LogP contribution in [0.15, 0.2) is 42.5 Å². The number of carbonyl (C=O) groups is 2. The molecule has 0 aliphatic rings. The van der Waals surface area contributed by atoms with Gasteiger partial charge in [0, 0.05) is 5.69 Å². The van der Waals surface area contributed by atoms with Crippen LogP contribution in [0.5, 0.6) is 5.75 Å². The lowest BCUT2D eigenvalue weighted by atomic mass is 10.1. The fraction of sp³-hybridized carbons (Fsp3) is 0.364. The summed E-state index contributed by atoms with van der Waals surface area (Å²) >= 11 is 0. The van der Waals surface area contributed by atoms with E-state index >= 15 is 0 Å². The molecular formula is C22H28N2O6S. The predicted molar refractivity (Wildman–Crippen MR) is 120 cm³/mol. The maximum absolute atomic E-state index is 13.1. The molecular weight excluding hydrogens is 420 g/mol. The van der Waals surface area contributed by atoms with E-state index in [1.165, 1.54) is 13.2 Å². The number of sulfonamides is 1. The van der Waals surface area contributed by atoms with Crippen LogP contribution in [0.2, 0.25) is 0 Å². The Morgan fingerprint density at radius 3 is 2.26 bits per heavy atom. The molecule has 0 saturated carbocycles. The average Bonchev–Trinajstić information content (AvgIpc) is 2.73. The summed E-state index contributed by atoms with van der Waals surface area (Å²) < 4.78 is 36.4. The van der Waals surface area contributed by atoms with Crippen molar-refractivity contribution in [1.82, 2.24) is 0 Å². The number of methoxy groups -OCH3 is 1. The summed E-state index contributed by atoms with van der Waals surface area (Å²) in [6, 6.07) is 10.3. The highest BCUT2D eigenvalue weighted by Gasteiger charge is 2.32. The number of amides is 1. The largest absolute Gasteiger partial charge is 0.494 e. The number of nitrogens with zero attached hydrogens (tertiary/aromatic N) is 1. The molecule has 0 radical (unpaired) electrons. The van der Waals surface area contributed by atoms with Crippen molar-refractivity contribution in [1.29, 1.82) is 0 Å². The lowest BCUT2D eigenvalue weighted by Gasteiger charge is -2.30. The second-order valence-electron chi connectivity index (χ2n) is 6.92. The van der Waals surface area contributed by atoms with E-state index in [-0.39, 0.29) is 12.0 Å². The molecule has 168 valence electrons. The summed E-state index contributed by atoms with van der Waals surface area (Å²) in [5, 5.41) is 2.76. The molecule has 0 aromatic heterocycles. The van der Waals surface area contributed by atoms with Gasteiger partial charge in [0.05, 0.1) is 31.2 Å². The third-order valence-electron chi connectivity index (χ3n) is 4.65. The third kappa shape index (κ3) is 5.97. The van der Waals surface area contributed by atoms with Gasteiger partial charge in [-0.25, -0.2) is 13.2 Å². The Bertz CT molecular complexity index is 1030. The smallest absolute Gasteiger partial charge is 0.337 e. The molecule has 2 rings (SSSR count). The molecule has 0 heterocycles. The molecule has 0 unspecified atom stereocenters. The fourth-order valence-electron chi connectivity index (χ4n) is 3.13. The molecule has 0 aliphatic carbocycles. The Balaban J connectivity index is 2.38. The van der Waals surface area contributed by atoms with Crippen LogP contribution in [0.1, 0.15) is 36.2 Å². The van der Waals surface area contributed by atoms with E-state index in [1.54, 1.807) is 50.2 Å².